The van der Waals surface area contributed by atoms with E-state index in [-0.39, 0.29) is 17.6 Å². The average molecular weight is 535 g/mol. The molecule has 0 bridgehead atoms. The van der Waals surface area contributed by atoms with Crippen LogP contribution in [0.2, 0.25) is 5.02 Å². The highest BCUT2D eigenvalue weighted by Crippen LogP contribution is 2.32. The second-order valence-corrected chi connectivity index (χ2v) is 10.3. The van der Waals surface area contributed by atoms with Gasteiger partial charge < -0.3 is 9.80 Å². The van der Waals surface area contributed by atoms with Crippen molar-refractivity contribution in [3.63, 3.8) is 0 Å². The Kier molecular flexibility index (Phi) is 7.61. The Balaban J connectivity index is 1.53. The standard InChI is InChI=1S/C29H32ClFN6O/c1-4-8-19(2)26-32-27(25-20(3)34-37(28(25)33-26)22-13-11-21(31)12-14-22)35-15-7-16-36(18-17-35)29(38)23-9-5-6-10-24(23)30/h5-6,9-14,19H,4,7-8,15-18H2,1-3H3/t19-/m0/s1. The van der Waals surface area contributed by atoms with Crippen molar-refractivity contribution in [2.75, 3.05) is 31.1 Å². The third-order valence-electron chi connectivity index (χ3n) is 7.12. The van der Waals surface area contributed by atoms with E-state index in [1.807, 2.05) is 24.0 Å². The predicted molar refractivity (Wildman–Crippen MR) is 149 cm³/mol. The third kappa shape index (κ3) is 5.10. The van der Waals surface area contributed by atoms with Gasteiger partial charge in [0.25, 0.3) is 5.91 Å². The first-order valence-corrected chi connectivity index (χ1v) is 13.6. The molecular formula is C29H32ClFN6O. The number of hydrogen-bond donors (Lipinski definition) is 0. The fourth-order valence-electron chi connectivity index (χ4n) is 5.09. The normalized spacial score (nSPS) is 15.1. The van der Waals surface area contributed by atoms with Crippen LogP contribution in [0, 0.1) is 12.7 Å². The Morgan fingerprint density at radius 3 is 2.55 bits per heavy atom. The van der Waals surface area contributed by atoms with Crippen LogP contribution in [0.5, 0.6) is 0 Å². The van der Waals surface area contributed by atoms with Crippen molar-refractivity contribution in [3.8, 4) is 5.69 Å². The van der Waals surface area contributed by atoms with E-state index in [4.69, 9.17) is 26.7 Å². The van der Waals surface area contributed by atoms with Crippen LogP contribution < -0.4 is 4.90 Å². The largest absolute Gasteiger partial charge is 0.354 e. The molecule has 5 rings (SSSR count). The van der Waals surface area contributed by atoms with Crippen LogP contribution in [0.1, 0.15) is 60.9 Å². The molecule has 4 aromatic rings. The topological polar surface area (TPSA) is 67.2 Å². The molecule has 38 heavy (non-hydrogen) atoms. The van der Waals surface area contributed by atoms with Crippen molar-refractivity contribution in [1.29, 1.82) is 0 Å². The summed E-state index contributed by atoms with van der Waals surface area (Å²) in [5, 5.41) is 6.14. The molecule has 0 spiro atoms. The van der Waals surface area contributed by atoms with E-state index in [0.29, 0.717) is 35.9 Å². The van der Waals surface area contributed by atoms with Gasteiger partial charge >= 0.3 is 0 Å². The molecular weight excluding hydrogens is 503 g/mol. The number of carbonyl (C=O) groups is 1. The number of hydrogen-bond acceptors (Lipinski definition) is 5. The number of benzene rings is 2. The fourth-order valence-corrected chi connectivity index (χ4v) is 5.31. The second kappa shape index (κ2) is 11.1. The molecule has 2 aromatic heterocycles. The zero-order chi connectivity index (χ0) is 26.8. The number of fused-ring (bicyclic) bond motifs is 1. The zero-order valence-corrected chi connectivity index (χ0v) is 22.7. The van der Waals surface area contributed by atoms with Crippen molar-refractivity contribution < 1.29 is 9.18 Å². The minimum atomic E-state index is -0.296. The Hall–Kier alpha value is -3.52. The minimum absolute atomic E-state index is 0.0529. The molecule has 1 aliphatic rings. The summed E-state index contributed by atoms with van der Waals surface area (Å²) in [7, 11) is 0. The number of rotatable bonds is 6. The van der Waals surface area contributed by atoms with Gasteiger partial charge in [0.05, 0.1) is 27.4 Å². The lowest BCUT2D eigenvalue weighted by Crippen LogP contribution is -2.35. The summed E-state index contributed by atoms with van der Waals surface area (Å²) in [6.45, 7) is 8.83. The fraction of sp³-hybridized carbons (Fsp3) is 0.379. The van der Waals surface area contributed by atoms with E-state index >= 15 is 0 Å². The molecule has 2 aromatic carbocycles. The highest BCUT2D eigenvalue weighted by atomic mass is 35.5. The first-order valence-electron chi connectivity index (χ1n) is 13.2. The Labute approximate surface area is 227 Å². The molecule has 0 aliphatic carbocycles. The van der Waals surface area contributed by atoms with Gasteiger partial charge in [-0.25, -0.2) is 19.0 Å². The van der Waals surface area contributed by atoms with E-state index in [1.165, 1.54) is 12.1 Å². The highest BCUT2D eigenvalue weighted by Gasteiger charge is 2.27. The van der Waals surface area contributed by atoms with E-state index in [0.717, 1.165) is 54.2 Å². The number of anilines is 1. The maximum Gasteiger partial charge on any atom is 0.255 e. The van der Waals surface area contributed by atoms with Crippen molar-refractivity contribution in [2.24, 2.45) is 0 Å². The van der Waals surface area contributed by atoms with Crippen molar-refractivity contribution >= 4 is 34.4 Å². The molecule has 1 fully saturated rings. The predicted octanol–water partition coefficient (Wildman–Crippen LogP) is 6.17. The van der Waals surface area contributed by atoms with Gasteiger partial charge in [0, 0.05) is 32.1 Å². The van der Waals surface area contributed by atoms with Crippen molar-refractivity contribution in [1.82, 2.24) is 24.6 Å². The van der Waals surface area contributed by atoms with Crippen LogP contribution in [-0.4, -0.2) is 56.7 Å². The summed E-state index contributed by atoms with van der Waals surface area (Å²) < 4.78 is 15.4. The van der Waals surface area contributed by atoms with Gasteiger partial charge in [-0.15, -0.1) is 0 Å². The van der Waals surface area contributed by atoms with Crippen LogP contribution in [0.4, 0.5) is 10.2 Å². The summed E-state index contributed by atoms with van der Waals surface area (Å²) in [5.41, 5.74) is 2.79. The number of halogens is 2. The Morgan fingerprint density at radius 2 is 1.82 bits per heavy atom. The molecule has 0 saturated carbocycles. The quantitative estimate of drug-likeness (QED) is 0.296. The van der Waals surface area contributed by atoms with Gasteiger partial charge in [-0.3, -0.25) is 4.79 Å². The van der Waals surface area contributed by atoms with E-state index in [1.54, 1.807) is 28.9 Å². The number of carbonyl (C=O) groups excluding carboxylic acids is 1. The Morgan fingerprint density at radius 1 is 1.05 bits per heavy atom. The molecule has 1 amide bonds. The van der Waals surface area contributed by atoms with Crippen LogP contribution >= 0.6 is 11.6 Å². The number of aryl methyl sites for hydroxylation is 1. The number of aromatic nitrogens is 4. The van der Waals surface area contributed by atoms with Gasteiger partial charge in [0.2, 0.25) is 0 Å². The molecule has 1 saturated heterocycles. The van der Waals surface area contributed by atoms with Crippen molar-refractivity contribution in [3.05, 3.63) is 76.5 Å². The van der Waals surface area contributed by atoms with E-state index in [2.05, 4.69) is 18.7 Å². The summed E-state index contributed by atoms with van der Waals surface area (Å²) in [4.78, 5) is 27.4. The molecule has 1 aliphatic heterocycles. The van der Waals surface area contributed by atoms with E-state index < -0.39 is 0 Å². The maximum absolute atomic E-state index is 13.6. The van der Waals surface area contributed by atoms with Crippen LogP contribution in [-0.2, 0) is 0 Å². The maximum atomic E-state index is 13.6. The van der Waals surface area contributed by atoms with Crippen molar-refractivity contribution in [2.45, 2.75) is 46.0 Å². The lowest BCUT2D eigenvalue weighted by molar-refractivity contribution is 0.0767. The molecule has 0 N–H and O–H groups in total. The molecule has 198 valence electrons. The molecule has 1 atom stereocenters. The first kappa shape index (κ1) is 26.1. The molecule has 0 radical (unpaired) electrons. The SMILES string of the molecule is CCC[C@H](C)c1nc(N2CCCN(C(=O)c3ccccc3Cl)CC2)c2c(C)nn(-c3ccc(F)cc3)c2n1. The molecule has 9 heteroatoms. The van der Waals surface area contributed by atoms with Crippen LogP contribution in [0.15, 0.2) is 48.5 Å². The van der Waals surface area contributed by atoms with Gasteiger partial charge in [0.1, 0.15) is 17.5 Å². The average Bonchev–Trinajstić information content (AvgIpc) is 3.08. The zero-order valence-electron chi connectivity index (χ0n) is 22.0. The monoisotopic (exact) mass is 534 g/mol. The Bertz CT molecular complexity index is 1450. The summed E-state index contributed by atoms with van der Waals surface area (Å²) >= 11 is 6.32. The summed E-state index contributed by atoms with van der Waals surface area (Å²) in [6.07, 6.45) is 2.79. The van der Waals surface area contributed by atoms with Crippen LogP contribution in [0.25, 0.3) is 16.7 Å². The van der Waals surface area contributed by atoms with E-state index in [9.17, 15) is 9.18 Å². The van der Waals surface area contributed by atoms with Gasteiger partial charge in [-0.2, -0.15) is 5.10 Å². The van der Waals surface area contributed by atoms with Crippen LogP contribution in [0.3, 0.4) is 0 Å². The second-order valence-electron chi connectivity index (χ2n) is 9.88. The van der Waals surface area contributed by atoms with Gasteiger partial charge in [0.15, 0.2) is 5.65 Å². The molecule has 0 unspecified atom stereocenters. The van der Waals surface area contributed by atoms with Gasteiger partial charge in [-0.05, 0) is 56.2 Å². The first-order chi connectivity index (χ1) is 18.4. The summed E-state index contributed by atoms with van der Waals surface area (Å²) in [5.74, 6) is 1.43. The lowest BCUT2D eigenvalue weighted by Gasteiger charge is -2.25. The number of nitrogens with zero attached hydrogens (tertiary/aromatic N) is 6. The number of amides is 1. The molecule has 3 heterocycles. The highest BCUT2D eigenvalue weighted by molar-refractivity contribution is 6.33. The summed E-state index contributed by atoms with van der Waals surface area (Å²) in [6, 6.07) is 13.5. The third-order valence-corrected chi connectivity index (χ3v) is 7.45. The lowest BCUT2D eigenvalue weighted by atomic mass is 10.1. The van der Waals surface area contributed by atoms with Gasteiger partial charge in [-0.1, -0.05) is 44.0 Å². The smallest absolute Gasteiger partial charge is 0.255 e. The molecule has 7 nitrogen and oxygen atoms in total. The minimum Gasteiger partial charge on any atom is -0.354 e.